The van der Waals surface area contributed by atoms with Crippen LogP contribution in [0, 0.1) is 0 Å². The van der Waals surface area contributed by atoms with Gasteiger partial charge in [0.05, 0.1) is 22.3 Å². The summed E-state index contributed by atoms with van der Waals surface area (Å²) in [6.45, 7) is 0. The quantitative estimate of drug-likeness (QED) is 0.357. The molecule has 2 heterocycles. The van der Waals surface area contributed by atoms with Gasteiger partial charge in [0.2, 0.25) is 6.41 Å². The number of carbonyl (C=O) groups excluding carboxylic acids is 7. The summed E-state index contributed by atoms with van der Waals surface area (Å²) in [4.78, 5) is 83.9. The largest absolute Gasteiger partial charge is 0.351 e. The Morgan fingerprint density at radius 1 is 0.667 bits per heavy atom. The van der Waals surface area contributed by atoms with Crippen LogP contribution in [0.1, 0.15) is 41.4 Å². The van der Waals surface area contributed by atoms with Gasteiger partial charge >= 0.3 is 11.8 Å². The van der Waals surface area contributed by atoms with E-state index in [1.54, 1.807) is 38.4 Å². The molecule has 0 aliphatic carbocycles. The third-order valence-corrected chi connectivity index (χ3v) is 4.43. The first-order chi connectivity index (χ1) is 15.7. The van der Waals surface area contributed by atoms with Crippen molar-refractivity contribution in [3.63, 3.8) is 0 Å². The van der Waals surface area contributed by atoms with Gasteiger partial charge in [0, 0.05) is 14.1 Å². The fourth-order valence-corrected chi connectivity index (χ4v) is 2.89. The lowest BCUT2D eigenvalue weighted by Gasteiger charge is -2.17. The average Bonchev–Trinajstić information content (AvgIpc) is 3.20. The van der Waals surface area contributed by atoms with E-state index in [0.717, 1.165) is 6.41 Å². The van der Waals surface area contributed by atoms with Crippen LogP contribution in [0.4, 0.5) is 0 Å². The van der Waals surface area contributed by atoms with Crippen molar-refractivity contribution in [1.29, 1.82) is 0 Å². The molecule has 33 heavy (non-hydrogen) atoms. The van der Waals surface area contributed by atoms with Gasteiger partial charge in [-0.05, 0) is 24.3 Å². The number of hydrogen-bond acceptors (Lipinski definition) is 7. The van der Waals surface area contributed by atoms with E-state index < -0.39 is 35.4 Å². The van der Waals surface area contributed by atoms with Crippen LogP contribution in [0.5, 0.6) is 0 Å². The van der Waals surface area contributed by atoms with Crippen LogP contribution in [0.3, 0.4) is 0 Å². The first kappa shape index (κ1) is 22.8. The van der Waals surface area contributed by atoms with Gasteiger partial charge in [-0.3, -0.25) is 33.6 Å². The molecule has 0 unspecified atom stereocenters. The molecule has 0 spiro atoms. The van der Waals surface area contributed by atoms with Gasteiger partial charge in [0.25, 0.3) is 23.6 Å². The highest BCUT2D eigenvalue weighted by Crippen LogP contribution is 2.21. The monoisotopic (exact) mass is 451 g/mol. The number of hydrazine groups is 2. The molecule has 12 heteroatoms. The van der Waals surface area contributed by atoms with Gasteiger partial charge in [0.1, 0.15) is 0 Å². The van der Waals surface area contributed by atoms with E-state index in [0.29, 0.717) is 10.0 Å². The first-order valence-corrected chi connectivity index (χ1v) is 9.36. The van der Waals surface area contributed by atoms with Crippen LogP contribution in [-0.2, 0) is 14.4 Å². The molecule has 2 aromatic carbocycles. The number of rotatable bonds is 3. The lowest BCUT2D eigenvalue weighted by Crippen LogP contribution is -2.55. The molecule has 2 aliphatic rings. The van der Waals surface area contributed by atoms with E-state index in [1.165, 1.54) is 29.2 Å². The number of hydrogen-bond donors (Lipinski definition) is 2. The standard InChI is InChI=1S/C18H10N4O6.C3H7NO/c23-13(19-21-15(25)9-5-1-2-6-10(9)16(21)26)14(24)20-22-17(27)11-7-3-4-8-12(11)18(22)28;1-4(2)3-5/h1-8H,(H,19,23)(H,20,24);3H,1-2H3. The lowest BCUT2D eigenvalue weighted by molar-refractivity contribution is -0.142. The molecule has 0 fully saturated rings. The molecule has 4 rings (SSSR count). The zero-order chi connectivity index (χ0) is 24.3. The van der Waals surface area contributed by atoms with Gasteiger partial charge in [-0.15, -0.1) is 0 Å². The Labute approximate surface area is 186 Å². The lowest BCUT2D eigenvalue weighted by atomic mass is 10.1. The molecule has 168 valence electrons. The van der Waals surface area contributed by atoms with Crippen molar-refractivity contribution in [3.05, 3.63) is 70.8 Å². The number of benzene rings is 2. The fourth-order valence-electron chi connectivity index (χ4n) is 2.89. The van der Waals surface area contributed by atoms with Crippen molar-refractivity contribution in [3.8, 4) is 0 Å². The van der Waals surface area contributed by atoms with Crippen molar-refractivity contribution < 1.29 is 33.6 Å². The van der Waals surface area contributed by atoms with E-state index in [9.17, 15) is 33.6 Å². The van der Waals surface area contributed by atoms with Gasteiger partial charge in [-0.2, -0.15) is 10.0 Å². The Hall–Kier alpha value is -4.87. The Balaban J connectivity index is 0.000000555. The minimum absolute atomic E-state index is 0.0774. The molecule has 0 radical (unpaired) electrons. The minimum atomic E-state index is -1.40. The molecule has 2 aromatic rings. The average molecular weight is 451 g/mol. The Morgan fingerprint density at radius 3 is 1.12 bits per heavy atom. The summed E-state index contributed by atoms with van der Waals surface area (Å²) >= 11 is 0. The van der Waals surface area contributed by atoms with Gasteiger partial charge in [0.15, 0.2) is 0 Å². The first-order valence-electron chi connectivity index (χ1n) is 9.36. The topological polar surface area (TPSA) is 153 Å². The molecule has 0 saturated carbocycles. The molecule has 7 amide bonds. The molecule has 2 aliphatic heterocycles. The van der Waals surface area contributed by atoms with Crippen molar-refractivity contribution in [2.45, 2.75) is 0 Å². The Morgan fingerprint density at radius 2 is 0.909 bits per heavy atom. The molecule has 0 bridgehead atoms. The van der Waals surface area contributed by atoms with Crippen LogP contribution in [-0.4, -0.2) is 70.9 Å². The van der Waals surface area contributed by atoms with Crippen LogP contribution < -0.4 is 10.9 Å². The summed E-state index contributed by atoms with van der Waals surface area (Å²) in [5.74, 6) is -6.01. The van der Waals surface area contributed by atoms with E-state index >= 15 is 0 Å². The Bertz CT molecular complexity index is 1050. The number of imide groups is 2. The molecule has 0 aromatic heterocycles. The summed E-state index contributed by atoms with van der Waals surface area (Å²) < 4.78 is 0. The van der Waals surface area contributed by atoms with Gasteiger partial charge in [-0.1, -0.05) is 24.3 Å². The molecule has 12 nitrogen and oxygen atoms in total. The molecular formula is C21H17N5O7. The predicted molar refractivity (Wildman–Crippen MR) is 110 cm³/mol. The fraction of sp³-hybridized carbons (Fsp3) is 0.0952. The highest BCUT2D eigenvalue weighted by atomic mass is 16.2. The summed E-state index contributed by atoms with van der Waals surface area (Å²) in [5, 5.41) is 0.796. The summed E-state index contributed by atoms with van der Waals surface area (Å²) in [6.07, 6.45) is 0.750. The highest BCUT2D eigenvalue weighted by Gasteiger charge is 2.40. The minimum Gasteiger partial charge on any atom is -0.351 e. The molecular weight excluding hydrogens is 434 g/mol. The smallest absolute Gasteiger partial charge is 0.330 e. The highest BCUT2D eigenvalue weighted by molar-refractivity contribution is 6.37. The van der Waals surface area contributed by atoms with E-state index in [1.807, 2.05) is 10.9 Å². The van der Waals surface area contributed by atoms with Crippen LogP contribution in [0.15, 0.2) is 48.5 Å². The zero-order valence-corrected chi connectivity index (χ0v) is 17.4. The second-order valence-electron chi connectivity index (χ2n) is 6.93. The van der Waals surface area contributed by atoms with Crippen molar-refractivity contribution in [2.24, 2.45) is 0 Å². The molecule has 0 atom stereocenters. The SMILES string of the molecule is CN(C)C=O.O=C(NN1C(=O)c2ccccc2C1=O)C(=O)NN1C(=O)c2ccccc2C1=O. The van der Waals surface area contributed by atoms with Crippen molar-refractivity contribution in [2.75, 3.05) is 14.1 Å². The predicted octanol–water partition coefficient (Wildman–Crippen LogP) is -0.654. The van der Waals surface area contributed by atoms with Crippen LogP contribution in [0.25, 0.3) is 0 Å². The third-order valence-electron chi connectivity index (χ3n) is 4.43. The maximum Gasteiger partial charge on any atom is 0.330 e. The second kappa shape index (κ2) is 9.09. The Kier molecular flexibility index (Phi) is 6.29. The van der Waals surface area contributed by atoms with Crippen LogP contribution in [0.2, 0.25) is 0 Å². The zero-order valence-electron chi connectivity index (χ0n) is 17.4. The summed E-state index contributed by atoms with van der Waals surface area (Å²) in [6, 6.07) is 11.8. The van der Waals surface area contributed by atoms with Gasteiger partial charge in [-0.25, -0.2) is 10.9 Å². The number of fused-ring (bicyclic) bond motifs is 2. The van der Waals surface area contributed by atoms with Crippen molar-refractivity contribution >= 4 is 41.9 Å². The summed E-state index contributed by atoms with van der Waals surface area (Å²) in [7, 11) is 3.38. The third kappa shape index (κ3) is 4.30. The number of nitrogens with zero attached hydrogens (tertiary/aromatic N) is 3. The maximum absolute atomic E-state index is 12.2. The maximum atomic E-state index is 12.2. The normalized spacial score (nSPS) is 13.6. The van der Waals surface area contributed by atoms with E-state index in [2.05, 4.69) is 0 Å². The molecule has 0 saturated heterocycles. The van der Waals surface area contributed by atoms with Crippen molar-refractivity contribution in [1.82, 2.24) is 25.8 Å². The van der Waals surface area contributed by atoms with Gasteiger partial charge < -0.3 is 4.90 Å². The number of nitrogens with one attached hydrogen (secondary N) is 2. The summed E-state index contributed by atoms with van der Waals surface area (Å²) in [5.41, 5.74) is 4.08. The second-order valence-corrected chi connectivity index (χ2v) is 6.93. The number of carbonyl (C=O) groups is 7. The van der Waals surface area contributed by atoms with E-state index in [-0.39, 0.29) is 22.3 Å². The van der Waals surface area contributed by atoms with E-state index in [4.69, 9.17) is 0 Å². The molecule has 2 N–H and O–H groups in total. The van der Waals surface area contributed by atoms with Crippen LogP contribution >= 0.6 is 0 Å². The number of amides is 7.